The maximum atomic E-state index is 4.37. The van der Waals surface area contributed by atoms with Crippen LogP contribution in [0.3, 0.4) is 0 Å². The fourth-order valence-corrected chi connectivity index (χ4v) is 1.51. The van der Waals surface area contributed by atoms with Gasteiger partial charge in [-0.15, -0.1) is 0 Å². The zero-order valence-corrected chi connectivity index (χ0v) is 11.8. The Hall–Kier alpha value is -1.16. The molecule has 0 aliphatic carbocycles. The number of aromatic nitrogens is 2. The highest BCUT2D eigenvalue weighted by Gasteiger charge is 2.13. The quantitative estimate of drug-likeness (QED) is 0.814. The molecule has 1 saturated heterocycles. The molecule has 0 unspecified atom stereocenters. The number of rotatable bonds is 1. The Balaban J connectivity index is 0.000000450. The summed E-state index contributed by atoms with van der Waals surface area (Å²) >= 11 is 0. The second-order valence-electron chi connectivity index (χ2n) is 3.69. The topological polar surface area (TPSA) is 41.1 Å². The van der Waals surface area contributed by atoms with E-state index in [1.165, 1.54) is 12.8 Å². The molecular weight excluding hydrogens is 212 g/mol. The van der Waals surface area contributed by atoms with E-state index in [0.717, 1.165) is 24.7 Å². The van der Waals surface area contributed by atoms with E-state index in [-0.39, 0.29) is 0 Å². The van der Waals surface area contributed by atoms with Crippen LogP contribution in [0.15, 0.2) is 12.3 Å². The van der Waals surface area contributed by atoms with Crippen molar-refractivity contribution in [3.63, 3.8) is 0 Å². The normalized spacial score (nSPS) is 13.4. The molecule has 4 nitrogen and oxygen atoms in total. The summed E-state index contributed by atoms with van der Waals surface area (Å²) in [6.07, 6.45) is 4.38. The average Bonchev–Trinajstić information content (AvgIpc) is 2.86. The smallest absolute Gasteiger partial charge is 0.225 e. The molecule has 2 rings (SSSR count). The molecule has 2 heterocycles. The molecule has 1 fully saturated rings. The second-order valence-corrected chi connectivity index (χ2v) is 3.69. The monoisotopic (exact) mass is 238 g/mol. The molecule has 1 aliphatic rings. The first-order valence-electron chi connectivity index (χ1n) is 6.41. The number of nitrogens with zero attached hydrogens (tertiary/aromatic N) is 3. The third-order valence-electron chi connectivity index (χ3n) is 2.17. The fraction of sp³-hybridized carbons (Fsp3) is 0.692. The minimum absolute atomic E-state index is 0.896. The molecular formula is C13H26N4. The summed E-state index contributed by atoms with van der Waals surface area (Å²) in [7, 11) is 3.75. The summed E-state index contributed by atoms with van der Waals surface area (Å²) < 4.78 is 0. The predicted molar refractivity (Wildman–Crippen MR) is 74.5 cm³/mol. The van der Waals surface area contributed by atoms with Crippen molar-refractivity contribution in [3.05, 3.63) is 18.0 Å². The van der Waals surface area contributed by atoms with Crippen molar-refractivity contribution >= 4 is 5.95 Å². The van der Waals surface area contributed by atoms with Crippen LogP contribution in [-0.4, -0.2) is 37.2 Å². The first kappa shape index (κ1) is 15.8. The van der Waals surface area contributed by atoms with Crippen molar-refractivity contribution in [1.82, 2.24) is 15.3 Å². The van der Waals surface area contributed by atoms with Gasteiger partial charge in [0.05, 0.1) is 0 Å². The summed E-state index contributed by atoms with van der Waals surface area (Å²) in [5.41, 5.74) is 1.05. The van der Waals surface area contributed by atoms with Gasteiger partial charge < -0.3 is 10.2 Å². The molecule has 98 valence electrons. The molecule has 0 radical (unpaired) electrons. The van der Waals surface area contributed by atoms with Gasteiger partial charge in [0.25, 0.3) is 0 Å². The summed E-state index contributed by atoms with van der Waals surface area (Å²) in [5, 5.41) is 2.75. The molecule has 4 heteroatoms. The van der Waals surface area contributed by atoms with Gasteiger partial charge in [-0.05, 0) is 39.9 Å². The van der Waals surface area contributed by atoms with Crippen LogP contribution in [0.5, 0.6) is 0 Å². The zero-order valence-electron chi connectivity index (χ0n) is 11.8. The molecule has 0 atom stereocenters. The molecule has 0 amide bonds. The largest absolute Gasteiger partial charge is 0.341 e. The maximum absolute atomic E-state index is 4.37. The van der Waals surface area contributed by atoms with Crippen molar-refractivity contribution in [1.29, 1.82) is 0 Å². The highest BCUT2D eigenvalue weighted by Crippen LogP contribution is 2.14. The Bertz CT molecular complexity index is 283. The number of anilines is 1. The highest BCUT2D eigenvalue weighted by molar-refractivity contribution is 5.30. The van der Waals surface area contributed by atoms with Gasteiger partial charge in [0.2, 0.25) is 5.95 Å². The Morgan fingerprint density at radius 2 is 1.71 bits per heavy atom. The van der Waals surface area contributed by atoms with Crippen LogP contribution in [0.25, 0.3) is 0 Å². The van der Waals surface area contributed by atoms with Gasteiger partial charge in [-0.1, -0.05) is 13.8 Å². The Morgan fingerprint density at radius 3 is 2.18 bits per heavy atom. The van der Waals surface area contributed by atoms with Gasteiger partial charge >= 0.3 is 0 Å². The van der Waals surface area contributed by atoms with E-state index >= 15 is 0 Å². The van der Waals surface area contributed by atoms with Crippen LogP contribution in [0.1, 0.15) is 32.4 Å². The first-order valence-corrected chi connectivity index (χ1v) is 6.41. The van der Waals surface area contributed by atoms with E-state index < -0.39 is 0 Å². The lowest BCUT2D eigenvalue weighted by molar-refractivity contribution is 0.889. The zero-order chi connectivity index (χ0) is 13.1. The third-order valence-corrected chi connectivity index (χ3v) is 2.17. The van der Waals surface area contributed by atoms with Crippen molar-refractivity contribution in [2.24, 2.45) is 0 Å². The fourth-order valence-electron chi connectivity index (χ4n) is 1.51. The van der Waals surface area contributed by atoms with Gasteiger partial charge in [-0.25, -0.2) is 9.97 Å². The van der Waals surface area contributed by atoms with Crippen LogP contribution < -0.4 is 10.2 Å². The lowest BCUT2D eigenvalue weighted by atomic mass is 10.4. The second kappa shape index (κ2) is 10.0. The van der Waals surface area contributed by atoms with E-state index in [4.69, 9.17) is 0 Å². The lowest BCUT2D eigenvalue weighted by Gasteiger charge is -2.14. The van der Waals surface area contributed by atoms with Crippen LogP contribution in [0, 0.1) is 6.92 Å². The van der Waals surface area contributed by atoms with Crippen molar-refractivity contribution in [3.8, 4) is 0 Å². The number of hydrogen-bond donors (Lipinski definition) is 1. The molecule has 1 aromatic heterocycles. The van der Waals surface area contributed by atoms with E-state index in [1.807, 2.05) is 47.1 Å². The van der Waals surface area contributed by atoms with Crippen LogP contribution in [0.2, 0.25) is 0 Å². The van der Waals surface area contributed by atoms with Crippen molar-refractivity contribution in [2.75, 3.05) is 32.1 Å². The minimum atomic E-state index is 0.896. The van der Waals surface area contributed by atoms with Crippen LogP contribution in [0.4, 0.5) is 5.95 Å². The maximum Gasteiger partial charge on any atom is 0.225 e. The highest BCUT2D eigenvalue weighted by atomic mass is 15.3. The average molecular weight is 238 g/mol. The van der Waals surface area contributed by atoms with Gasteiger partial charge in [-0.2, -0.15) is 0 Å². The summed E-state index contributed by atoms with van der Waals surface area (Å²) in [6, 6.07) is 1.93. The van der Waals surface area contributed by atoms with Crippen LogP contribution >= 0.6 is 0 Å². The standard InChI is InChI=1S/C9H13N3.C2H7N.C2H6/c1-8-4-5-10-9(11-8)12-6-2-3-7-12;1-3-2;1-2/h4-5H,2-3,6-7H2,1H3;3H,1-2H3;1-2H3. The summed E-state index contributed by atoms with van der Waals surface area (Å²) in [6.45, 7) is 8.23. The molecule has 1 aromatic rings. The predicted octanol–water partition coefficient (Wildman–Crippen LogP) is 2.25. The summed E-state index contributed by atoms with van der Waals surface area (Å²) in [4.78, 5) is 10.8. The first-order chi connectivity index (χ1) is 8.27. The number of hydrogen-bond acceptors (Lipinski definition) is 4. The van der Waals surface area contributed by atoms with E-state index in [9.17, 15) is 0 Å². The molecule has 17 heavy (non-hydrogen) atoms. The number of nitrogens with one attached hydrogen (secondary N) is 1. The SMILES string of the molecule is CC.CNC.Cc1ccnc(N2CCCC2)n1. The van der Waals surface area contributed by atoms with Crippen LogP contribution in [-0.2, 0) is 0 Å². The Morgan fingerprint density at radius 1 is 1.18 bits per heavy atom. The summed E-state index contributed by atoms with van der Waals surface area (Å²) in [5.74, 6) is 0.896. The molecule has 0 aromatic carbocycles. The Labute approximate surface area is 105 Å². The lowest BCUT2D eigenvalue weighted by Crippen LogP contribution is -2.20. The van der Waals surface area contributed by atoms with E-state index in [2.05, 4.69) is 20.2 Å². The van der Waals surface area contributed by atoms with Crippen molar-refractivity contribution in [2.45, 2.75) is 33.6 Å². The Kier molecular flexibility index (Phi) is 9.34. The third kappa shape index (κ3) is 6.22. The van der Waals surface area contributed by atoms with Gasteiger partial charge in [0.1, 0.15) is 0 Å². The van der Waals surface area contributed by atoms with Crippen molar-refractivity contribution < 1.29 is 0 Å². The van der Waals surface area contributed by atoms with Gasteiger partial charge in [-0.3, -0.25) is 0 Å². The minimum Gasteiger partial charge on any atom is -0.341 e. The molecule has 1 aliphatic heterocycles. The van der Waals surface area contributed by atoms with E-state index in [0.29, 0.717) is 0 Å². The molecule has 1 N–H and O–H groups in total. The van der Waals surface area contributed by atoms with Gasteiger partial charge in [0.15, 0.2) is 0 Å². The molecule has 0 saturated carbocycles. The molecule has 0 spiro atoms. The molecule has 0 bridgehead atoms. The van der Waals surface area contributed by atoms with Gasteiger partial charge in [0, 0.05) is 25.0 Å². The van der Waals surface area contributed by atoms with E-state index in [1.54, 1.807) is 0 Å². The number of aryl methyl sites for hydroxylation is 1.